The molecule has 1 atom stereocenters. The number of rotatable bonds is 7. The highest BCUT2D eigenvalue weighted by atomic mass is 35.5. The van der Waals surface area contributed by atoms with Gasteiger partial charge in [-0.05, 0) is 12.1 Å². The van der Waals surface area contributed by atoms with Crippen LogP contribution in [0.4, 0.5) is 39.5 Å². The SMILES string of the molecule is CCS(=O)(=O)c1cccnc1-c1ncc([C@H](Cl)C(F)(F)C(F)(F)C(F)(F)C(F)(F)F)n1C. The van der Waals surface area contributed by atoms with Crippen LogP contribution in [0.2, 0.25) is 0 Å². The second-order valence-corrected chi connectivity index (χ2v) is 9.13. The predicted molar refractivity (Wildman–Crippen MR) is 93.7 cm³/mol. The third-order valence-electron chi connectivity index (χ3n) is 4.47. The van der Waals surface area contributed by atoms with E-state index in [-0.39, 0.29) is 0 Å². The number of hydrogen-bond donors (Lipinski definition) is 0. The molecule has 0 N–H and O–H groups in total. The smallest absolute Gasteiger partial charge is 0.328 e. The number of halogens is 10. The summed E-state index contributed by atoms with van der Waals surface area (Å²) in [6.07, 6.45) is -5.48. The Morgan fingerprint density at radius 2 is 1.59 bits per heavy atom. The number of hydrogen-bond acceptors (Lipinski definition) is 4. The number of pyridine rings is 1. The van der Waals surface area contributed by atoms with Crippen LogP contribution in [0.1, 0.15) is 18.0 Å². The first kappa shape index (κ1) is 26.2. The van der Waals surface area contributed by atoms with E-state index in [1.165, 1.54) is 13.0 Å². The Morgan fingerprint density at radius 1 is 1.03 bits per heavy atom. The Hall–Kier alpha value is -2.03. The van der Waals surface area contributed by atoms with Gasteiger partial charge in [0.15, 0.2) is 15.7 Å². The zero-order valence-electron chi connectivity index (χ0n) is 15.9. The monoisotopic (exact) mass is 517 g/mol. The summed E-state index contributed by atoms with van der Waals surface area (Å²) in [7, 11) is -3.04. The summed E-state index contributed by atoms with van der Waals surface area (Å²) in [4.78, 5) is 6.95. The van der Waals surface area contributed by atoms with Gasteiger partial charge in [-0.2, -0.15) is 39.5 Å². The van der Waals surface area contributed by atoms with E-state index >= 15 is 0 Å². The van der Waals surface area contributed by atoms with Crippen LogP contribution in [0.5, 0.6) is 0 Å². The Balaban J connectivity index is 2.61. The van der Waals surface area contributed by atoms with E-state index in [0.29, 0.717) is 10.8 Å². The first-order chi connectivity index (χ1) is 14.3. The van der Waals surface area contributed by atoms with E-state index in [9.17, 15) is 47.9 Å². The normalized spacial score (nSPS) is 15.1. The number of sulfone groups is 1. The van der Waals surface area contributed by atoms with E-state index in [2.05, 4.69) is 9.97 Å². The second kappa shape index (κ2) is 8.08. The Bertz CT molecular complexity index is 1100. The lowest BCUT2D eigenvalue weighted by molar-refractivity contribution is -0.396. The standard InChI is InChI=1S/C16H13ClF9N3O2S/c1-3-32(30,31)9-5-4-6-27-10(9)12-28-7-8(29(12)2)11(17)13(18,19)14(20,21)15(22,23)16(24,25)26/h4-7,11H,3H2,1-2H3/t11-/m0/s1. The summed E-state index contributed by atoms with van der Waals surface area (Å²) in [6, 6.07) is 2.33. The molecule has 2 rings (SSSR count). The summed E-state index contributed by atoms with van der Waals surface area (Å²) in [5, 5.41) is -3.41. The maximum atomic E-state index is 14.2. The molecule has 2 heterocycles. The van der Waals surface area contributed by atoms with Crippen molar-refractivity contribution in [2.45, 2.75) is 41.1 Å². The summed E-state index contributed by atoms with van der Waals surface area (Å²) in [6.45, 7) is 1.29. The van der Waals surface area contributed by atoms with Gasteiger partial charge >= 0.3 is 23.9 Å². The van der Waals surface area contributed by atoms with Crippen LogP contribution >= 0.6 is 11.6 Å². The number of imidazole rings is 1. The van der Waals surface area contributed by atoms with Crippen molar-refractivity contribution in [3.63, 3.8) is 0 Å². The zero-order valence-corrected chi connectivity index (χ0v) is 17.5. The van der Waals surface area contributed by atoms with Crippen LogP contribution in [0.3, 0.4) is 0 Å². The van der Waals surface area contributed by atoms with Crippen LogP contribution in [0.15, 0.2) is 29.4 Å². The predicted octanol–water partition coefficient (Wildman–Crippen LogP) is 5.02. The third-order valence-corrected chi connectivity index (χ3v) is 6.73. The summed E-state index contributed by atoms with van der Waals surface area (Å²) >= 11 is 5.27. The highest BCUT2D eigenvalue weighted by molar-refractivity contribution is 7.91. The molecule has 0 aromatic carbocycles. The molecule has 0 aliphatic heterocycles. The van der Waals surface area contributed by atoms with Gasteiger partial charge in [-0.25, -0.2) is 13.4 Å². The van der Waals surface area contributed by atoms with Crippen LogP contribution in [0, 0.1) is 0 Å². The van der Waals surface area contributed by atoms with Crippen molar-refractivity contribution in [3.05, 3.63) is 30.2 Å². The van der Waals surface area contributed by atoms with Gasteiger partial charge in [-0.15, -0.1) is 11.6 Å². The van der Waals surface area contributed by atoms with Crippen molar-refractivity contribution in [1.82, 2.24) is 14.5 Å². The fraction of sp³-hybridized carbons (Fsp3) is 0.500. The van der Waals surface area contributed by atoms with E-state index in [4.69, 9.17) is 11.6 Å². The minimum Gasteiger partial charge on any atom is -0.328 e. The summed E-state index contributed by atoms with van der Waals surface area (Å²) in [5.41, 5.74) is -1.49. The lowest BCUT2D eigenvalue weighted by Crippen LogP contribution is -2.62. The zero-order chi connectivity index (χ0) is 24.9. The molecule has 16 heteroatoms. The van der Waals surface area contributed by atoms with Crippen LogP contribution < -0.4 is 0 Å². The molecule has 0 spiro atoms. The van der Waals surface area contributed by atoms with Crippen LogP contribution in [0.25, 0.3) is 11.5 Å². The number of aromatic nitrogens is 3. The van der Waals surface area contributed by atoms with E-state index in [1.54, 1.807) is 0 Å². The van der Waals surface area contributed by atoms with E-state index < -0.39 is 67.0 Å². The molecule has 0 aliphatic rings. The van der Waals surface area contributed by atoms with Gasteiger partial charge in [-0.1, -0.05) is 6.92 Å². The average Bonchev–Trinajstić information content (AvgIpc) is 3.07. The van der Waals surface area contributed by atoms with Gasteiger partial charge < -0.3 is 4.57 Å². The minimum absolute atomic E-state index is 0.400. The van der Waals surface area contributed by atoms with Crippen molar-refractivity contribution in [2.24, 2.45) is 7.05 Å². The second-order valence-electron chi connectivity index (χ2n) is 6.45. The van der Waals surface area contributed by atoms with Crippen molar-refractivity contribution in [3.8, 4) is 11.5 Å². The van der Waals surface area contributed by atoms with Gasteiger partial charge in [0.25, 0.3) is 0 Å². The number of nitrogens with zero attached hydrogens (tertiary/aromatic N) is 3. The van der Waals surface area contributed by atoms with Gasteiger partial charge in [0.1, 0.15) is 11.1 Å². The quantitative estimate of drug-likeness (QED) is 0.382. The lowest BCUT2D eigenvalue weighted by Gasteiger charge is -2.35. The van der Waals surface area contributed by atoms with Crippen LogP contribution in [-0.4, -0.2) is 52.6 Å². The maximum absolute atomic E-state index is 14.2. The molecule has 0 bridgehead atoms. The Morgan fingerprint density at radius 3 is 2.09 bits per heavy atom. The first-order valence-corrected chi connectivity index (χ1v) is 10.5. The van der Waals surface area contributed by atoms with Crippen molar-refractivity contribution in [1.29, 1.82) is 0 Å². The fourth-order valence-corrected chi connectivity index (χ4v) is 3.95. The van der Waals surface area contributed by atoms with E-state index in [1.807, 2.05) is 0 Å². The molecule has 0 radical (unpaired) electrons. The fourth-order valence-electron chi connectivity index (χ4n) is 2.58. The molecular weight excluding hydrogens is 505 g/mol. The van der Waals surface area contributed by atoms with Gasteiger partial charge in [0.2, 0.25) is 0 Å². The summed E-state index contributed by atoms with van der Waals surface area (Å²) in [5.74, 6) is -21.0. The number of alkyl halides is 10. The third kappa shape index (κ3) is 3.93. The molecule has 2 aromatic rings. The topological polar surface area (TPSA) is 64.8 Å². The van der Waals surface area contributed by atoms with Gasteiger partial charge in [0.05, 0.1) is 22.5 Å². The highest BCUT2D eigenvalue weighted by Crippen LogP contribution is 2.57. The summed E-state index contributed by atoms with van der Waals surface area (Å²) < 4.78 is 144. The van der Waals surface area contributed by atoms with Crippen LogP contribution in [-0.2, 0) is 16.9 Å². The van der Waals surface area contributed by atoms with Gasteiger partial charge in [-0.3, -0.25) is 4.98 Å². The van der Waals surface area contributed by atoms with Crippen molar-refractivity contribution in [2.75, 3.05) is 5.75 Å². The highest BCUT2D eigenvalue weighted by Gasteiger charge is 2.83. The Labute approximate surface area is 180 Å². The molecule has 2 aromatic heterocycles. The molecular formula is C16H13ClF9N3O2S. The molecule has 180 valence electrons. The molecule has 0 fully saturated rings. The maximum Gasteiger partial charge on any atom is 0.460 e. The minimum atomic E-state index is -7.11. The van der Waals surface area contributed by atoms with E-state index in [0.717, 1.165) is 19.3 Å². The van der Waals surface area contributed by atoms with Crippen molar-refractivity contribution >= 4 is 21.4 Å². The lowest BCUT2D eigenvalue weighted by atomic mass is 9.99. The molecule has 32 heavy (non-hydrogen) atoms. The molecule has 0 aliphatic carbocycles. The molecule has 0 amide bonds. The molecule has 5 nitrogen and oxygen atoms in total. The average molecular weight is 518 g/mol. The Kier molecular flexibility index (Phi) is 6.62. The molecule has 0 saturated carbocycles. The van der Waals surface area contributed by atoms with Gasteiger partial charge in [0, 0.05) is 13.2 Å². The largest absolute Gasteiger partial charge is 0.460 e. The first-order valence-electron chi connectivity index (χ1n) is 8.38. The molecule has 0 unspecified atom stereocenters. The molecule has 0 saturated heterocycles. The van der Waals surface area contributed by atoms with Crippen molar-refractivity contribution < 1.29 is 47.9 Å².